The third-order valence-corrected chi connectivity index (χ3v) is 5.38. The van der Waals surface area contributed by atoms with E-state index in [0.29, 0.717) is 21.6 Å². The normalized spacial score (nSPS) is 13.9. The van der Waals surface area contributed by atoms with Gasteiger partial charge in [0.2, 0.25) is 5.91 Å². The molecule has 0 atom stereocenters. The molecule has 0 bridgehead atoms. The van der Waals surface area contributed by atoms with Crippen LogP contribution in [0.2, 0.25) is 10.0 Å². The lowest BCUT2D eigenvalue weighted by atomic mass is 10.2. The third-order valence-electron chi connectivity index (χ3n) is 4.83. The summed E-state index contributed by atoms with van der Waals surface area (Å²) in [6.07, 6.45) is 5.47. The van der Waals surface area contributed by atoms with Gasteiger partial charge in [-0.1, -0.05) is 35.3 Å². The molecular weight excluding hydrogens is 407 g/mol. The summed E-state index contributed by atoms with van der Waals surface area (Å²) in [4.78, 5) is 14.7. The molecule has 6 heteroatoms. The third kappa shape index (κ3) is 4.66. The number of para-hydroxylation sites is 2. The van der Waals surface area contributed by atoms with Gasteiger partial charge in [0.25, 0.3) is 0 Å². The summed E-state index contributed by atoms with van der Waals surface area (Å²) < 4.78 is 5.79. The van der Waals surface area contributed by atoms with Gasteiger partial charge >= 0.3 is 0 Å². The average molecular weight is 427 g/mol. The van der Waals surface area contributed by atoms with Gasteiger partial charge in [-0.2, -0.15) is 0 Å². The summed E-state index contributed by atoms with van der Waals surface area (Å²) in [5.74, 6) is 0.972. The first-order chi connectivity index (χ1) is 14.1. The largest absolute Gasteiger partial charge is 0.457 e. The van der Waals surface area contributed by atoms with Crippen molar-refractivity contribution in [2.24, 2.45) is 0 Å². The maximum atomic E-state index is 12.4. The van der Waals surface area contributed by atoms with Crippen molar-refractivity contribution in [1.82, 2.24) is 0 Å². The molecule has 2 heterocycles. The SMILES string of the molecule is O=C(/C=C/c1ccc(-c2ccc(Cl)cc2Cl)o1)Nc1ccccc1N1CCCC1. The van der Waals surface area contributed by atoms with Gasteiger partial charge in [-0.05, 0) is 61.4 Å². The van der Waals surface area contributed by atoms with Crippen LogP contribution in [0.15, 0.2) is 65.1 Å². The first-order valence-corrected chi connectivity index (χ1v) is 10.2. The van der Waals surface area contributed by atoms with Crippen LogP contribution in [-0.4, -0.2) is 19.0 Å². The average Bonchev–Trinajstić information content (AvgIpc) is 3.39. The van der Waals surface area contributed by atoms with Gasteiger partial charge in [-0.15, -0.1) is 0 Å². The van der Waals surface area contributed by atoms with Crippen LogP contribution in [0.4, 0.5) is 11.4 Å². The number of carbonyl (C=O) groups is 1. The Balaban J connectivity index is 1.45. The number of rotatable bonds is 5. The molecule has 1 saturated heterocycles. The molecule has 1 aliphatic rings. The number of hydrogen-bond donors (Lipinski definition) is 1. The van der Waals surface area contributed by atoms with Gasteiger partial charge in [0, 0.05) is 29.8 Å². The Morgan fingerprint density at radius 1 is 1.03 bits per heavy atom. The van der Waals surface area contributed by atoms with E-state index in [-0.39, 0.29) is 5.91 Å². The molecule has 0 saturated carbocycles. The van der Waals surface area contributed by atoms with Crippen LogP contribution in [0.5, 0.6) is 0 Å². The number of nitrogens with one attached hydrogen (secondary N) is 1. The molecule has 1 N–H and O–H groups in total. The number of anilines is 2. The predicted octanol–water partition coefficient (Wildman–Crippen LogP) is 6.51. The zero-order chi connectivity index (χ0) is 20.2. The minimum atomic E-state index is -0.209. The second kappa shape index (κ2) is 8.76. The Hall–Kier alpha value is -2.69. The fourth-order valence-electron chi connectivity index (χ4n) is 3.42. The number of amides is 1. The molecule has 2 aromatic carbocycles. The monoisotopic (exact) mass is 426 g/mol. The molecule has 0 unspecified atom stereocenters. The van der Waals surface area contributed by atoms with Crippen molar-refractivity contribution in [3.05, 3.63) is 76.5 Å². The lowest BCUT2D eigenvalue weighted by Gasteiger charge is -2.21. The zero-order valence-corrected chi connectivity index (χ0v) is 17.2. The quantitative estimate of drug-likeness (QED) is 0.473. The predicted molar refractivity (Wildman–Crippen MR) is 120 cm³/mol. The number of hydrogen-bond acceptors (Lipinski definition) is 3. The van der Waals surface area contributed by atoms with E-state index < -0.39 is 0 Å². The van der Waals surface area contributed by atoms with Crippen molar-refractivity contribution < 1.29 is 9.21 Å². The zero-order valence-electron chi connectivity index (χ0n) is 15.7. The number of halogens is 2. The molecule has 1 amide bonds. The van der Waals surface area contributed by atoms with Gasteiger partial charge in [-0.3, -0.25) is 4.79 Å². The number of carbonyl (C=O) groups excluding carboxylic acids is 1. The molecule has 1 aliphatic heterocycles. The Morgan fingerprint density at radius 2 is 1.83 bits per heavy atom. The van der Waals surface area contributed by atoms with Crippen LogP contribution < -0.4 is 10.2 Å². The van der Waals surface area contributed by atoms with E-state index in [1.165, 1.54) is 18.9 Å². The molecule has 3 aromatic rings. The molecule has 4 rings (SSSR count). The first-order valence-electron chi connectivity index (χ1n) is 9.48. The standard InChI is InChI=1S/C23H20Cl2N2O2/c24-16-7-10-18(19(25)15-16)22-11-8-17(29-22)9-12-23(28)26-20-5-1-2-6-21(20)27-13-3-4-14-27/h1-2,5-12,15H,3-4,13-14H2,(H,26,28)/b12-9+. The van der Waals surface area contributed by atoms with Crippen molar-refractivity contribution in [3.63, 3.8) is 0 Å². The molecule has 1 fully saturated rings. The summed E-state index contributed by atoms with van der Waals surface area (Å²) in [6.45, 7) is 2.04. The highest BCUT2D eigenvalue weighted by Crippen LogP contribution is 2.32. The van der Waals surface area contributed by atoms with Gasteiger partial charge in [0.15, 0.2) is 0 Å². The van der Waals surface area contributed by atoms with Crippen molar-refractivity contribution in [1.29, 1.82) is 0 Å². The van der Waals surface area contributed by atoms with Crippen molar-refractivity contribution >= 4 is 46.6 Å². The number of nitrogens with zero attached hydrogens (tertiary/aromatic N) is 1. The number of furan rings is 1. The Bertz CT molecular complexity index is 1050. The van der Waals surface area contributed by atoms with Gasteiger partial charge in [-0.25, -0.2) is 0 Å². The van der Waals surface area contributed by atoms with Crippen molar-refractivity contribution in [2.45, 2.75) is 12.8 Å². The highest BCUT2D eigenvalue weighted by atomic mass is 35.5. The lowest BCUT2D eigenvalue weighted by Crippen LogP contribution is -2.20. The van der Waals surface area contributed by atoms with Crippen LogP contribution in [0.1, 0.15) is 18.6 Å². The van der Waals surface area contributed by atoms with E-state index in [9.17, 15) is 4.79 Å². The van der Waals surface area contributed by atoms with Crippen molar-refractivity contribution in [3.8, 4) is 11.3 Å². The molecular formula is C23H20Cl2N2O2. The summed E-state index contributed by atoms with van der Waals surface area (Å²) >= 11 is 12.2. The van der Waals surface area contributed by atoms with Crippen LogP contribution in [0.25, 0.3) is 17.4 Å². The van der Waals surface area contributed by atoms with E-state index in [0.717, 1.165) is 30.0 Å². The van der Waals surface area contributed by atoms with Gasteiger partial charge in [0.05, 0.1) is 16.4 Å². The summed E-state index contributed by atoms with van der Waals surface area (Å²) in [5, 5.41) is 4.05. The molecule has 0 radical (unpaired) electrons. The lowest BCUT2D eigenvalue weighted by molar-refractivity contribution is -0.111. The van der Waals surface area contributed by atoms with Gasteiger partial charge < -0.3 is 14.6 Å². The molecule has 0 aliphatic carbocycles. The maximum absolute atomic E-state index is 12.4. The topological polar surface area (TPSA) is 45.5 Å². The Labute approximate surface area is 179 Å². The van der Waals surface area contributed by atoms with E-state index in [4.69, 9.17) is 27.6 Å². The first kappa shape index (κ1) is 19.6. The molecule has 1 aromatic heterocycles. The second-order valence-electron chi connectivity index (χ2n) is 6.86. The van der Waals surface area contributed by atoms with E-state index in [1.54, 1.807) is 30.3 Å². The minimum Gasteiger partial charge on any atom is -0.457 e. The summed E-state index contributed by atoms with van der Waals surface area (Å²) in [6, 6.07) is 16.7. The van der Waals surface area contributed by atoms with Crippen LogP contribution in [-0.2, 0) is 4.79 Å². The minimum absolute atomic E-state index is 0.209. The smallest absolute Gasteiger partial charge is 0.248 e. The molecule has 148 valence electrons. The van der Waals surface area contributed by atoms with Crippen LogP contribution >= 0.6 is 23.2 Å². The fourth-order valence-corrected chi connectivity index (χ4v) is 3.92. The summed E-state index contributed by atoms with van der Waals surface area (Å²) in [5.41, 5.74) is 2.63. The molecule has 29 heavy (non-hydrogen) atoms. The molecule has 0 spiro atoms. The Morgan fingerprint density at radius 3 is 2.62 bits per heavy atom. The summed E-state index contributed by atoms with van der Waals surface area (Å²) in [7, 11) is 0. The van der Waals surface area contributed by atoms with E-state index in [2.05, 4.69) is 10.2 Å². The molecule has 4 nitrogen and oxygen atoms in total. The van der Waals surface area contributed by atoms with Crippen molar-refractivity contribution in [2.75, 3.05) is 23.3 Å². The number of benzene rings is 2. The highest BCUT2D eigenvalue weighted by Gasteiger charge is 2.16. The fraction of sp³-hybridized carbons (Fsp3) is 0.174. The van der Waals surface area contributed by atoms with Crippen LogP contribution in [0.3, 0.4) is 0 Å². The van der Waals surface area contributed by atoms with Crippen LogP contribution in [0, 0.1) is 0 Å². The second-order valence-corrected chi connectivity index (χ2v) is 7.70. The highest BCUT2D eigenvalue weighted by molar-refractivity contribution is 6.36. The van der Waals surface area contributed by atoms with E-state index >= 15 is 0 Å². The maximum Gasteiger partial charge on any atom is 0.248 e. The Kier molecular flexibility index (Phi) is 5.93. The van der Waals surface area contributed by atoms with Gasteiger partial charge in [0.1, 0.15) is 11.5 Å². The van der Waals surface area contributed by atoms with E-state index in [1.807, 2.05) is 30.3 Å².